The van der Waals surface area contributed by atoms with Gasteiger partial charge in [-0.3, -0.25) is 4.79 Å². The van der Waals surface area contributed by atoms with Crippen LogP contribution in [-0.2, 0) is 6.18 Å². The van der Waals surface area contributed by atoms with Crippen molar-refractivity contribution in [2.75, 3.05) is 13.2 Å². The van der Waals surface area contributed by atoms with Crippen LogP contribution in [0.2, 0.25) is 0 Å². The summed E-state index contributed by atoms with van der Waals surface area (Å²) >= 11 is 0. The first-order valence-corrected chi connectivity index (χ1v) is 8.26. The number of ether oxygens (including phenoxy) is 2. The Balaban J connectivity index is 1.87. The van der Waals surface area contributed by atoms with Crippen LogP contribution in [0.5, 0.6) is 11.5 Å². The number of halogens is 3. The van der Waals surface area contributed by atoms with Gasteiger partial charge in [0.05, 0.1) is 30.4 Å². The van der Waals surface area contributed by atoms with Crippen LogP contribution in [0.4, 0.5) is 13.2 Å². The third-order valence-corrected chi connectivity index (χ3v) is 4.11. The van der Waals surface area contributed by atoms with E-state index in [9.17, 15) is 18.0 Å². The van der Waals surface area contributed by atoms with E-state index < -0.39 is 29.3 Å². The second kappa shape index (κ2) is 7.27. The number of alkyl halides is 3. The van der Waals surface area contributed by atoms with E-state index in [-0.39, 0.29) is 0 Å². The lowest BCUT2D eigenvalue weighted by molar-refractivity contribution is -0.137. The van der Waals surface area contributed by atoms with E-state index in [2.05, 4.69) is 5.32 Å². The molecule has 1 aliphatic heterocycles. The summed E-state index contributed by atoms with van der Waals surface area (Å²) in [6.07, 6.45) is -4.13. The Morgan fingerprint density at radius 2 is 2.04 bits per heavy atom. The molecule has 1 amide bonds. The standard InChI is InChI=1S/C19H18F3NO3/c1-2-25-12-7-8-17-14(11-12)16(9-10-26-17)23-18(24)13-5-3-4-6-15(13)19(20,21)22/h3-8,11,16H,2,9-10H2,1H3,(H,23,24). The molecule has 0 aliphatic carbocycles. The number of hydrogen-bond donors (Lipinski definition) is 1. The molecule has 0 radical (unpaired) electrons. The molecular weight excluding hydrogens is 347 g/mol. The number of benzene rings is 2. The van der Waals surface area contributed by atoms with Crippen molar-refractivity contribution >= 4 is 5.91 Å². The quantitative estimate of drug-likeness (QED) is 0.876. The van der Waals surface area contributed by atoms with Crippen molar-refractivity contribution in [3.05, 3.63) is 59.2 Å². The zero-order valence-electron chi connectivity index (χ0n) is 14.1. The highest BCUT2D eigenvalue weighted by molar-refractivity contribution is 5.96. The predicted octanol–water partition coefficient (Wildman–Crippen LogP) is 4.36. The third-order valence-electron chi connectivity index (χ3n) is 4.11. The van der Waals surface area contributed by atoms with Crippen LogP contribution < -0.4 is 14.8 Å². The van der Waals surface area contributed by atoms with Crippen molar-refractivity contribution in [3.63, 3.8) is 0 Å². The molecule has 1 aliphatic rings. The number of hydrogen-bond acceptors (Lipinski definition) is 3. The van der Waals surface area contributed by atoms with E-state index in [1.807, 2.05) is 6.92 Å². The maximum Gasteiger partial charge on any atom is 0.417 e. The molecular formula is C19H18F3NO3. The first kappa shape index (κ1) is 18.1. The highest BCUT2D eigenvalue weighted by atomic mass is 19.4. The Labute approximate surface area is 148 Å². The Bertz CT molecular complexity index is 805. The van der Waals surface area contributed by atoms with E-state index in [0.29, 0.717) is 36.7 Å². The van der Waals surface area contributed by atoms with Gasteiger partial charge in [-0.05, 0) is 37.3 Å². The molecule has 2 aromatic rings. The Hall–Kier alpha value is -2.70. The monoisotopic (exact) mass is 365 g/mol. The first-order chi connectivity index (χ1) is 12.4. The summed E-state index contributed by atoms with van der Waals surface area (Å²) in [7, 11) is 0. The molecule has 1 heterocycles. The van der Waals surface area contributed by atoms with Crippen molar-refractivity contribution in [1.82, 2.24) is 5.32 Å². The first-order valence-electron chi connectivity index (χ1n) is 8.26. The molecule has 0 aromatic heterocycles. The van der Waals surface area contributed by atoms with E-state index in [4.69, 9.17) is 9.47 Å². The number of nitrogens with one attached hydrogen (secondary N) is 1. The fraction of sp³-hybridized carbons (Fsp3) is 0.316. The average molecular weight is 365 g/mol. The van der Waals surface area contributed by atoms with E-state index in [1.165, 1.54) is 18.2 Å². The van der Waals surface area contributed by atoms with E-state index in [1.54, 1.807) is 18.2 Å². The molecule has 4 nitrogen and oxygen atoms in total. The lowest BCUT2D eigenvalue weighted by atomic mass is 9.99. The molecule has 3 rings (SSSR count). The topological polar surface area (TPSA) is 47.6 Å². The minimum atomic E-state index is -4.59. The summed E-state index contributed by atoms with van der Waals surface area (Å²) in [6, 6.07) is 9.54. The normalized spacial score (nSPS) is 16.4. The molecule has 7 heteroatoms. The molecule has 1 atom stereocenters. The summed E-state index contributed by atoms with van der Waals surface area (Å²) in [4.78, 5) is 12.5. The van der Waals surface area contributed by atoms with Gasteiger partial charge in [0.15, 0.2) is 0 Å². The summed E-state index contributed by atoms with van der Waals surface area (Å²) in [5.41, 5.74) is -0.651. The van der Waals surface area contributed by atoms with Crippen LogP contribution in [0.25, 0.3) is 0 Å². The third kappa shape index (κ3) is 3.76. The number of amides is 1. The molecule has 0 spiro atoms. The summed E-state index contributed by atoms with van der Waals surface area (Å²) < 4.78 is 50.5. The molecule has 2 aromatic carbocycles. The molecule has 0 fully saturated rings. The minimum absolute atomic E-state index is 0.368. The number of rotatable bonds is 4. The maximum absolute atomic E-state index is 13.1. The van der Waals surface area contributed by atoms with E-state index >= 15 is 0 Å². The van der Waals surface area contributed by atoms with E-state index in [0.717, 1.165) is 6.07 Å². The smallest absolute Gasteiger partial charge is 0.417 e. The van der Waals surface area contributed by atoms with Crippen molar-refractivity contribution < 1.29 is 27.4 Å². The molecule has 138 valence electrons. The molecule has 0 saturated heterocycles. The summed E-state index contributed by atoms with van der Waals surface area (Å²) in [5, 5.41) is 2.70. The van der Waals surface area contributed by atoms with Gasteiger partial charge in [0.2, 0.25) is 0 Å². The van der Waals surface area contributed by atoms with Gasteiger partial charge in [-0.25, -0.2) is 0 Å². The molecule has 26 heavy (non-hydrogen) atoms. The SMILES string of the molecule is CCOc1ccc2c(c1)C(NC(=O)c1ccccc1C(F)(F)F)CCO2. The van der Waals surface area contributed by atoms with Crippen LogP contribution in [0, 0.1) is 0 Å². The Morgan fingerprint density at radius 1 is 1.27 bits per heavy atom. The van der Waals surface area contributed by atoms with Gasteiger partial charge in [0.25, 0.3) is 5.91 Å². The average Bonchev–Trinajstić information content (AvgIpc) is 2.62. The fourth-order valence-corrected chi connectivity index (χ4v) is 2.94. The number of carbonyl (C=O) groups is 1. The van der Waals surface area contributed by atoms with Crippen LogP contribution >= 0.6 is 0 Å². The maximum atomic E-state index is 13.1. The van der Waals surface area contributed by atoms with Crippen LogP contribution in [0.1, 0.15) is 40.9 Å². The Kier molecular flexibility index (Phi) is 5.06. The zero-order chi connectivity index (χ0) is 18.7. The highest BCUT2D eigenvalue weighted by Crippen LogP contribution is 2.36. The van der Waals surface area contributed by atoms with Gasteiger partial charge < -0.3 is 14.8 Å². The molecule has 1 N–H and O–H groups in total. The largest absolute Gasteiger partial charge is 0.494 e. The second-order valence-electron chi connectivity index (χ2n) is 5.84. The van der Waals surface area contributed by atoms with Crippen LogP contribution in [0.15, 0.2) is 42.5 Å². The summed E-state index contributed by atoms with van der Waals surface area (Å²) in [5.74, 6) is 0.443. The van der Waals surface area contributed by atoms with Gasteiger partial charge >= 0.3 is 6.18 Å². The summed E-state index contributed by atoms with van der Waals surface area (Å²) in [6.45, 7) is 2.70. The van der Waals surface area contributed by atoms with Gasteiger partial charge in [0, 0.05) is 12.0 Å². The number of carbonyl (C=O) groups excluding carboxylic acids is 1. The second-order valence-corrected chi connectivity index (χ2v) is 5.84. The fourth-order valence-electron chi connectivity index (χ4n) is 2.94. The van der Waals surface area contributed by atoms with Crippen LogP contribution in [-0.4, -0.2) is 19.1 Å². The zero-order valence-corrected chi connectivity index (χ0v) is 14.1. The highest BCUT2D eigenvalue weighted by Gasteiger charge is 2.35. The minimum Gasteiger partial charge on any atom is -0.494 e. The predicted molar refractivity (Wildman–Crippen MR) is 89.4 cm³/mol. The molecule has 0 saturated carbocycles. The van der Waals surface area contributed by atoms with Gasteiger partial charge in [-0.2, -0.15) is 13.2 Å². The van der Waals surface area contributed by atoms with Crippen molar-refractivity contribution in [2.24, 2.45) is 0 Å². The van der Waals surface area contributed by atoms with Crippen LogP contribution in [0.3, 0.4) is 0 Å². The number of fused-ring (bicyclic) bond motifs is 1. The lowest BCUT2D eigenvalue weighted by Gasteiger charge is -2.27. The molecule has 1 unspecified atom stereocenters. The van der Waals surface area contributed by atoms with Crippen molar-refractivity contribution in [1.29, 1.82) is 0 Å². The lowest BCUT2D eigenvalue weighted by Crippen LogP contribution is -2.33. The van der Waals surface area contributed by atoms with Gasteiger partial charge in [0.1, 0.15) is 11.5 Å². The molecule has 0 bridgehead atoms. The van der Waals surface area contributed by atoms with Gasteiger partial charge in [-0.1, -0.05) is 12.1 Å². The van der Waals surface area contributed by atoms with Crippen molar-refractivity contribution in [2.45, 2.75) is 25.6 Å². The van der Waals surface area contributed by atoms with Gasteiger partial charge in [-0.15, -0.1) is 0 Å². The Morgan fingerprint density at radius 3 is 2.77 bits per heavy atom. The van der Waals surface area contributed by atoms with Crippen molar-refractivity contribution in [3.8, 4) is 11.5 Å².